The summed E-state index contributed by atoms with van der Waals surface area (Å²) < 4.78 is 0. The third-order valence-electron chi connectivity index (χ3n) is 16.4. The lowest BCUT2D eigenvalue weighted by Gasteiger charge is -2.64. The van der Waals surface area contributed by atoms with Crippen LogP contribution in [0, 0.1) is 73.9 Å². The molecule has 7 aliphatic carbocycles. The van der Waals surface area contributed by atoms with Crippen molar-refractivity contribution >= 4 is 17.5 Å². The zero-order valence-corrected chi connectivity index (χ0v) is 29.2. The van der Waals surface area contributed by atoms with Crippen molar-refractivity contribution in [3.63, 3.8) is 0 Å². The van der Waals surface area contributed by atoms with Crippen molar-refractivity contribution in [2.45, 2.75) is 119 Å². The van der Waals surface area contributed by atoms with Gasteiger partial charge >= 0.3 is 5.97 Å². The maximum Gasteiger partial charge on any atom is 0.309 e. The third-order valence-corrected chi connectivity index (χ3v) is 16.4. The molecule has 46 heavy (non-hydrogen) atoms. The molecule has 0 heterocycles. The average Bonchev–Trinajstić information content (AvgIpc) is 3.35. The standard InChI is InChI=1S/C40H56O6/c1-20(2)27-30(42)33(44)40-25(18-24-21(3)12-13-26-36(24,7)15-11-16-37(26,8)34(45)46)22(4)23-19-39(40,32(27)43)28(29(23)41)31-35(5,6)14-10-17-38(31,40)9/h20,23-26,28-29,31,41-42H,3-4,10-19H2,1-2,5-9H3,(H,45,46)/t23-,24+,25+,26-,28-,29?,31+,36-,37-,38+,39-,40+/m1/s1. The number of Topliss-reactive ketones (excluding diaryl/α,β-unsaturated/α-hetero) is 2. The van der Waals surface area contributed by atoms with Gasteiger partial charge in [-0.2, -0.15) is 0 Å². The smallest absolute Gasteiger partial charge is 0.309 e. The number of ketones is 2. The average molecular weight is 633 g/mol. The van der Waals surface area contributed by atoms with Crippen LogP contribution in [0.15, 0.2) is 35.6 Å². The fourth-order valence-corrected chi connectivity index (χ4v) is 15.0. The van der Waals surface area contributed by atoms with Crippen LogP contribution in [0.4, 0.5) is 0 Å². The SMILES string of the molecule is C=C1CC[C@@H]2[C@](C)(CCC[C@@]2(C)C(=O)O)[C@H]1C[C@H]1C(=C)[C@H]2C[C@@]34C(=O)C(C(C)C)=C(O)C(=O)[C@]13[C@@]1(C)CCCC(C)(C)[C@@H]1[C@H]4C2O. The van der Waals surface area contributed by atoms with Crippen molar-refractivity contribution in [1.29, 1.82) is 0 Å². The maximum atomic E-state index is 15.5. The van der Waals surface area contributed by atoms with Crippen LogP contribution < -0.4 is 0 Å². The lowest BCUT2D eigenvalue weighted by atomic mass is 9.36. The molecule has 0 saturated heterocycles. The molecule has 7 rings (SSSR count). The Bertz CT molecular complexity index is 1500. The Balaban J connectivity index is 1.49. The summed E-state index contributed by atoms with van der Waals surface area (Å²) in [5.74, 6) is -3.13. The van der Waals surface area contributed by atoms with Crippen LogP contribution in [-0.4, -0.2) is 39.0 Å². The van der Waals surface area contributed by atoms with Crippen LogP contribution in [0.5, 0.6) is 0 Å². The second-order valence-electron chi connectivity index (χ2n) is 18.7. The minimum atomic E-state index is -1.23. The number of hydrogen-bond acceptors (Lipinski definition) is 5. The molecule has 0 aromatic heterocycles. The van der Waals surface area contributed by atoms with E-state index in [1.165, 1.54) is 0 Å². The van der Waals surface area contributed by atoms with Crippen LogP contribution in [0.1, 0.15) is 113 Å². The van der Waals surface area contributed by atoms with Gasteiger partial charge in [0.25, 0.3) is 0 Å². The number of carboxylic acids is 1. The van der Waals surface area contributed by atoms with Gasteiger partial charge in [-0.3, -0.25) is 14.4 Å². The van der Waals surface area contributed by atoms with Gasteiger partial charge in [0.15, 0.2) is 11.5 Å². The van der Waals surface area contributed by atoms with Crippen molar-refractivity contribution in [3.05, 3.63) is 35.6 Å². The summed E-state index contributed by atoms with van der Waals surface area (Å²) in [4.78, 5) is 43.6. The zero-order chi connectivity index (χ0) is 33.7. The normalized spacial score (nSPS) is 50.8. The number of carbonyl (C=O) groups is 3. The summed E-state index contributed by atoms with van der Waals surface area (Å²) in [5, 5.41) is 34.9. The van der Waals surface area contributed by atoms with Gasteiger partial charge in [-0.15, -0.1) is 0 Å². The maximum absolute atomic E-state index is 15.5. The van der Waals surface area contributed by atoms with Crippen molar-refractivity contribution in [3.8, 4) is 0 Å². The Hall–Kier alpha value is -2.21. The third kappa shape index (κ3) is 3.27. The van der Waals surface area contributed by atoms with Crippen molar-refractivity contribution in [1.82, 2.24) is 0 Å². The molecule has 1 spiro atoms. The van der Waals surface area contributed by atoms with Gasteiger partial charge in [-0.05, 0) is 104 Å². The van der Waals surface area contributed by atoms with Gasteiger partial charge in [-0.1, -0.05) is 78.7 Å². The summed E-state index contributed by atoms with van der Waals surface area (Å²) in [7, 11) is 0. The molecular weight excluding hydrogens is 576 g/mol. The second-order valence-corrected chi connectivity index (χ2v) is 18.7. The van der Waals surface area contributed by atoms with E-state index in [-0.39, 0.29) is 69.2 Å². The molecule has 6 saturated carbocycles. The topological polar surface area (TPSA) is 112 Å². The van der Waals surface area contributed by atoms with E-state index >= 15 is 9.59 Å². The van der Waals surface area contributed by atoms with Gasteiger partial charge in [0.05, 0.1) is 22.3 Å². The quantitative estimate of drug-likeness (QED) is 0.272. The molecule has 2 bridgehead atoms. The fraction of sp³-hybridized carbons (Fsp3) is 0.775. The number of fused-ring (bicyclic) bond motifs is 4. The number of rotatable bonds is 4. The van der Waals surface area contributed by atoms with E-state index in [0.717, 1.165) is 56.1 Å². The van der Waals surface area contributed by atoms with Gasteiger partial charge in [0.2, 0.25) is 5.78 Å². The lowest BCUT2D eigenvalue weighted by Crippen LogP contribution is -2.67. The summed E-state index contributed by atoms with van der Waals surface area (Å²) in [6.07, 6.45) is 6.68. The first-order chi connectivity index (χ1) is 21.3. The number of carbonyl (C=O) groups excluding carboxylic acids is 2. The Morgan fingerprint density at radius 2 is 1.61 bits per heavy atom. The van der Waals surface area contributed by atoms with Gasteiger partial charge in [0, 0.05) is 17.4 Å². The molecular formula is C40H56O6. The molecule has 1 unspecified atom stereocenters. The Morgan fingerprint density at radius 3 is 2.24 bits per heavy atom. The largest absolute Gasteiger partial charge is 0.504 e. The van der Waals surface area contributed by atoms with Gasteiger partial charge in [0.1, 0.15) is 0 Å². The summed E-state index contributed by atoms with van der Waals surface area (Å²) in [6, 6.07) is 0. The van der Waals surface area contributed by atoms with Crippen molar-refractivity contribution in [2.75, 3.05) is 0 Å². The number of aliphatic carboxylic acids is 1. The van der Waals surface area contributed by atoms with Crippen molar-refractivity contribution < 1.29 is 29.7 Å². The molecule has 6 heteroatoms. The highest BCUT2D eigenvalue weighted by Gasteiger charge is 2.89. The van der Waals surface area contributed by atoms with Gasteiger partial charge < -0.3 is 15.3 Å². The van der Waals surface area contributed by atoms with E-state index < -0.39 is 39.7 Å². The van der Waals surface area contributed by atoms with E-state index in [9.17, 15) is 20.1 Å². The predicted molar refractivity (Wildman–Crippen MR) is 177 cm³/mol. The van der Waals surface area contributed by atoms with Crippen LogP contribution >= 0.6 is 0 Å². The van der Waals surface area contributed by atoms with E-state index in [0.29, 0.717) is 19.3 Å². The van der Waals surface area contributed by atoms with Crippen LogP contribution in [0.3, 0.4) is 0 Å². The number of aliphatic hydroxyl groups excluding tert-OH is 2. The Morgan fingerprint density at radius 1 is 0.957 bits per heavy atom. The van der Waals surface area contributed by atoms with E-state index in [1.54, 1.807) is 0 Å². The number of allylic oxidation sites excluding steroid dienone is 3. The monoisotopic (exact) mass is 632 g/mol. The molecule has 0 aromatic rings. The highest BCUT2D eigenvalue weighted by Crippen LogP contribution is 2.87. The molecule has 12 atom stereocenters. The van der Waals surface area contributed by atoms with Gasteiger partial charge in [-0.25, -0.2) is 0 Å². The highest BCUT2D eigenvalue weighted by atomic mass is 16.4. The molecule has 6 fully saturated rings. The Kier molecular flexibility index (Phi) is 6.66. The summed E-state index contributed by atoms with van der Waals surface area (Å²) in [5.41, 5.74) is -2.17. The van der Waals surface area contributed by atoms with Crippen LogP contribution in [-0.2, 0) is 14.4 Å². The van der Waals surface area contributed by atoms with Crippen molar-refractivity contribution in [2.24, 2.45) is 73.9 Å². The summed E-state index contributed by atoms with van der Waals surface area (Å²) >= 11 is 0. The molecule has 252 valence electrons. The fourth-order valence-electron chi connectivity index (χ4n) is 15.0. The second kappa shape index (κ2) is 9.48. The van der Waals surface area contributed by atoms with E-state index in [4.69, 9.17) is 6.58 Å². The molecule has 0 aromatic carbocycles. The molecule has 3 N–H and O–H groups in total. The molecule has 0 amide bonds. The first-order valence-electron chi connectivity index (χ1n) is 18.1. The summed E-state index contributed by atoms with van der Waals surface area (Å²) in [6.45, 7) is 24.0. The highest BCUT2D eigenvalue weighted by molar-refractivity contribution is 6.18. The minimum absolute atomic E-state index is 0.0369. The number of carboxylic acid groups (broad SMARTS) is 1. The van der Waals surface area contributed by atoms with E-state index in [1.807, 2.05) is 20.8 Å². The minimum Gasteiger partial charge on any atom is -0.504 e. The van der Waals surface area contributed by atoms with E-state index in [2.05, 4.69) is 34.3 Å². The predicted octanol–water partition coefficient (Wildman–Crippen LogP) is 7.86. The number of hydrogen-bond donors (Lipinski definition) is 3. The lowest BCUT2D eigenvalue weighted by molar-refractivity contribution is -0.178. The Labute approximate surface area is 275 Å². The molecule has 7 aliphatic rings. The first kappa shape index (κ1) is 32.3. The molecule has 0 radical (unpaired) electrons. The molecule has 6 nitrogen and oxygen atoms in total. The van der Waals surface area contributed by atoms with Crippen LogP contribution in [0.2, 0.25) is 0 Å². The number of aliphatic hydroxyl groups is 2. The van der Waals surface area contributed by atoms with Crippen LogP contribution in [0.25, 0.3) is 0 Å². The molecule has 0 aliphatic heterocycles. The zero-order valence-electron chi connectivity index (χ0n) is 29.2. The first-order valence-corrected chi connectivity index (χ1v) is 18.1.